The van der Waals surface area contributed by atoms with E-state index in [2.05, 4.69) is 30.4 Å². The summed E-state index contributed by atoms with van der Waals surface area (Å²) in [5.74, 6) is 0.314. The van der Waals surface area contributed by atoms with Gasteiger partial charge >= 0.3 is 0 Å². The number of hydrogen-bond acceptors (Lipinski definition) is 10. The summed E-state index contributed by atoms with van der Waals surface area (Å²) in [4.78, 5) is 40.2. The van der Waals surface area contributed by atoms with Crippen LogP contribution in [0.4, 0.5) is 28.7 Å². The fourth-order valence-corrected chi connectivity index (χ4v) is 4.53. The summed E-state index contributed by atoms with van der Waals surface area (Å²) in [6, 6.07) is 12.5. The third kappa shape index (κ3) is 7.04. The predicted octanol–water partition coefficient (Wildman–Crippen LogP) is 2.99. The van der Waals surface area contributed by atoms with Crippen LogP contribution < -0.4 is 25.2 Å². The molecule has 0 aliphatic carbocycles. The number of methoxy groups -OCH3 is 1. The van der Waals surface area contributed by atoms with Crippen LogP contribution in [0.5, 0.6) is 5.75 Å². The molecule has 2 aromatic carbocycles. The van der Waals surface area contributed by atoms with Gasteiger partial charge < -0.3 is 35.2 Å². The number of aliphatic hydroxyl groups is 1. The number of nitrogens with zero attached hydrogens (tertiary/aromatic N) is 5. The minimum Gasteiger partial charge on any atom is -0.494 e. The van der Waals surface area contributed by atoms with E-state index in [0.717, 1.165) is 37.4 Å². The highest BCUT2D eigenvalue weighted by atomic mass is 16.5. The quantitative estimate of drug-likeness (QED) is 0.309. The highest BCUT2D eigenvalue weighted by molar-refractivity contribution is 6.08. The van der Waals surface area contributed by atoms with Gasteiger partial charge in [-0.05, 0) is 56.9 Å². The number of carbonyl (C=O) groups is 2. The van der Waals surface area contributed by atoms with Gasteiger partial charge in [0, 0.05) is 63.7 Å². The lowest BCUT2D eigenvalue weighted by Gasteiger charge is -2.25. The molecule has 3 aromatic rings. The standard InChI is InChI=1S/C29H37N7O4/c1-19(37)31-24-16-25(27(40-5)17-26(24)35(4)15-14-34(2)3)33-29-30-12-10-23(32-29)28(39)20-6-8-21(9-7-20)36-13-11-22(38)18-36/h6-10,12,16-17,22,38H,11,13-15,18H2,1-5H3,(H,31,37)(H,30,32,33)/t22-/m0/s1. The normalized spacial score (nSPS) is 14.8. The van der Waals surface area contributed by atoms with Gasteiger partial charge in [-0.2, -0.15) is 0 Å². The van der Waals surface area contributed by atoms with Crippen LogP contribution in [0.15, 0.2) is 48.7 Å². The van der Waals surface area contributed by atoms with Crippen LogP contribution in [0.3, 0.4) is 0 Å². The van der Waals surface area contributed by atoms with Crippen molar-refractivity contribution in [1.82, 2.24) is 14.9 Å². The summed E-state index contributed by atoms with van der Waals surface area (Å²) >= 11 is 0. The molecule has 1 amide bonds. The first-order valence-corrected chi connectivity index (χ1v) is 13.2. The molecule has 2 heterocycles. The Hall–Kier alpha value is -4.22. The van der Waals surface area contributed by atoms with Crippen LogP contribution in [0, 0.1) is 0 Å². The monoisotopic (exact) mass is 547 g/mol. The topological polar surface area (TPSA) is 123 Å². The second-order valence-corrected chi connectivity index (χ2v) is 10.1. The number of β-amino-alcohol motifs (C(OH)–C–C–N with tert-alkyl or cyclic N) is 1. The molecule has 1 atom stereocenters. The number of aliphatic hydroxyl groups excluding tert-OH is 1. The highest BCUT2D eigenvalue weighted by Crippen LogP contribution is 2.38. The Morgan fingerprint density at radius 2 is 1.85 bits per heavy atom. The first-order valence-electron chi connectivity index (χ1n) is 13.2. The number of ether oxygens (including phenoxy) is 1. The molecule has 1 aliphatic rings. The summed E-state index contributed by atoms with van der Waals surface area (Å²) in [5.41, 5.74) is 3.66. The first kappa shape index (κ1) is 28.8. The Balaban J connectivity index is 1.56. The van der Waals surface area contributed by atoms with Crippen LogP contribution >= 0.6 is 0 Å². The zero-order valence-corrected chi connectivity index (χ0v) is 23.6. The van der Waals surface area contributed by atoms with Gasteiger partial charge in [0.05, 0.1) is 30.3 Å². The molecule has 0 saturated carbocycles. The molecule has 1 aromatic heterocycles. The van der Waals surface area contributed by atoms with Gasteiger partial charge in [0.2, 0.25) is 17.6 Å². The molecule has 11 nitrogen and oxygen atoms in total. The van der Waals surface area contributed by atoms with Crippen molar-refractivity contribution in [2.45, 2.75) is 19.4 Å². The summed E-state index contributed by atoms with van der Waals surface area (Å²) < 4.78 is 5.65. The highest BCUT2D eigenvalue weighted by Gasteiger charge is 2.21. The number of hydrogen-bond donors (Lipinski definition) is 3. The molecule has 0 spiro atoms. The van der Waals surface area contributed by atoms with Crippen molar-refractivity contribution in [3.8, 4) is 5.75 Å². The third-order valence-corrected chi connectivity index (χ3v) is 6.72. The van der Waals surface area contributed by atoms with E-state index < -0.39 is 0 Å². The molecule has 0 radical (unpaired) electrons. The van der Waals surface area contributed by atoms with Crippen molar-refractivity contribution in [3.63, 3.8) is 0 Å². The van der Waals surface area contributed by atoms with E-state index in [-0.39, 0.29) is 29.4 Å². The molecule has 1 saturated heterocycles. The smallest absolute Gasteiger partial charge is 0.227 e. The number of anilines is 5. The van der Waals surface area contributed by atoms with Crippen molar-refractivity contribution in [2.75, 3.05) is 74.9 Å². The van der Waals surface area contributed by atoms with Gasteiger partial charge in [0.15, 0.2) is 0 Å². The van der Waals surface area contributed by atoms with E-state index in [4.69, 9.17) is 4.74 Å². The molecule has 212 valence electrons. The second-order valence-electron chi connectivity index (χ2n) is 10.1. The van der Waals surface area contributed by atoms with Crippen molar-refractivity contribution in [3.05, 3.63) is 59.9 Å². The van der Waals surface area contributed by atoms with Crippen molar-refractivity contribution >= 4 is 40.4 Å². The fraction of sp³-hybridized carbons (Fsp3) is 0.379. The Morgan fingerprint density at radius 3 is 2.48 bits per heavy atom. The Bertz CT molecular complexity index is 1350. The zero-order valence-electron chi connectivity index (χ0n) is 23.6. The van der Waals surface area contributed by atoms with Gasteiger partial charge in [-0.25, -0.2) is 9.97 Å². The van der Waals surface area contributed by atoms with E-state index >= 15 is 0 Å². The number of aromatic nitrogens is 2. The number of benzene rings is 2. The average Bonchev–Trinajstić information content (AvgIpc) is 3.37. The number of carbonyl (C=O) groups excluding carboxylic acids is 2. The van der Waals surface area contributed by atoms with Crippen LogP contribution in [0.2, 0.25) is 0 Å². The molecule has 40 heavy (non-hydrogen) atoms. The van der Waals surface area contributed by atoms with Crippen molar-refractivity contribution < 1.29 is 19.4 Å². The van der Waals surface area contributed by atoms with Gasteiger partial charge in [0.25, 0.3) is 0 Å². The van der Waals surface area contributed by atoms with Crippen LogP contribution in [-0.4, -0.2) is 92.2 Å². The van der Waals surface area contributed by atoms with E-state index in [1.165, 1.54) is 13.1 Å². The van der Waals surface area contributed by atoms with Gasteiger partial charge in [-0.1, -0.05) is 0 Å². The van der Waals surface area contributed by atoms with E-state index in [1.807, 2.05) is 44.2 Å². The lowest BCUT2D eigenvalue weighted by molar-refractivity contribution is -0.114. The molecular weight excluding hydrogens is 510 g/mol. The van der Waals surface area contributed by atoms with Crippen LogP contribution in [0.1, 0.15) is 29.4 Å². The lowest BCUT2D eigenvalue weighted by atomic mass is 10.1. The maximum absolute atomic E-state index is 13.2. The van der Waals surface area contributed by atoms with Gasteiger partial charge in [-0.3, -0.25) is 9.59 Å². The molecule has 1 aliphatic heterocycles. The van der Waals surface area contributed by atoms with Crippen LogP contribution in [-0.2, 0) is 4.79 Å². The Labute approximate surface area is 234 Å². The van der Waals surface area contributed by atoms with Crippen molar-refractivity contribution in [1.29, 1.82) is 0 Å². The van der Waals surface area contributed by atoms with Gasteiger partial charge in [0.1, 0.15) is 11.4 Å². The average molecular weight is 548 g/mol. The number of rotatable bonds is 11. The van der Waals surface area contributed by atoms with E-state index in [9.17, 15) is 14.7 Å². The molecule has 0 bridgehead atoms. The van der Waals surface area contributed by atoms with Gasteiger partial charge in [-0.15, -0.1) is 0 Å². The first-order chi connectivity index (χ1) is 19.1. The predicted molar refractivity (Wildman–Crippen MR) is 157 cm³/mol. The third-order valence-electron chi connectivity index (χ3n) is 6.72. The fourth-order valence-electron chi connectivity index (χ4n) is 4.53. The number of ketones is 1. The summed E-state index contributed by atoms with van der Waals surface area (Å²) in [6.45, 7) is 4.41. The number of amides is 1. The second kappa shape index (κ2) is 12.8. The molecule has 3 N–H and O–H groups in total. The SMILES string of the molecule is COc1cc(N(C)CCN(C)C)c(NC(C)=O)cc1Nc1nccc(C(=O)c2ccc(N3CC[C@H](O)C3)cc2)n1. The molecular formula is C29H37N7O4. The number of nitrogens with one attached hydrogen (secondary N) is 2. The lowest BCUT2D eigenvalue weighted by Crippen LogP contribution is -2.29. The Kier molecular flexibility index (Phi) is 9.18. The van der Waals surface area contributed by atoms with E-state index in [1.54, 1.807) is 31.4 Å². The molecule has 0 unspecified atom stereocenters. The number of likely N-dealkylation sites (N-methyl/N-ethyl adjacent to an activating group) is 2. The maximum Gasteiger partial charge on any atom is 0.227 e. The summed E-state index contributed by atoms with van der Waals surface area (Å²) in [5, 5.41) is 15.8. The largest absolute Gasteiger partial charge is 0.494 e. The molecule has 4 rings (SSSR count). The molecule has 1 fully saturated rings. The Morgan fingerprint density at radius 1 is 1.10 bits per heavy atom. The minimum atomic E-state index is -0.318. The van der Waals surface area contributed by atoms with Crippen LogP contribution in [0.25, 0.3) is 0 Å². The zero-order chi connectivity index (χ0) is 28.8. The maximum atomic E-state index is 13.2. The molecule has 11 heteroatoms. The van der Waals surface area contributed by atoms with E-state index in [0.29, 0.717) is 29.2 Å². The minimum absolute atomic E-state index is 0.200. The van der Waals surface area contributed by atoms with Crippen molar-refractivity contribution in [2.24, 2.45) is 0 Å². The summed E-state index contributed by atoms with van der Waals surface area (Å²) in [7, 11) is 7.53. The summed E-state index contributed by atoms with van der Waals surface area (Å²) in [6.07, 6.45) is 1.94.